The number of rotatable bonds is 4. The highest BCUT2D eigenvalue weighted by Crippen LogP contribution is 2.19. The van der Waals surface area contributed by atoms with E-state index in [0.29, 0.717) is 23.8 Å². The summed E-state index contributed by atoms with van der Waals surface area (Å²) in [6.45, 7) is 0. The van der Waals surface area contributed by atoms with Crippen LogP contribution in [0.4, 0.5) is 5.82 Å². The van der Waals surface area contributed by atoms with Crippen LogP contribution in [0.25, 0.3) is 0 Å². The lowest BCUT2D eigenvalue weighted by molar-refractivity contribution is 0.172. The largest absolute Gasteiger partial charge is 0.480 e. The molecule has 18 heavy (non-hydrogen) atoms. The molecule has 0 saturated heterocycles. The Balaban J connectivity index is 2.11. The van der Waals surface area contributed by atoms with Crippen LogP contribution in [-0.4, -0.2) is 27.4 Å². The van der Waals surface area contributed by atoms with Crippen molar-refractivity contribution in [2.24, 2.45) is 0 Å². The molecule has 94 valence electrons. The molecule has 0 bridgehead atoms. The zero-order valence-electron chi connectivity index (χ0n) is 9.95. The van der Waals surface area contributed by atoms with E-state index >= 15 is 0 Å². The van der Waals surface area contributed by atoms with Gasteiger partial charge in [-0.25, -0.2) is 4.98 Å². The van der Waals surface area contributed by atoms with Crippen LogP contribution in [0.15, 0.2) is 30.5 Å². The zero-order valence-corrected chi connectivity index (χ0v) is 9.95. The van der Waals surface area contributed by atoms with E-state index < -0.39 is 6.10 Å². The Bertz CT molecular complexity index is 516. The van der Waals surface area contributed by atoms with Crippen LogP contribution in [-0.2, 0) is 6.42 Å². The normalized spacial score (nSPS) is 12.1. The number of hydrogen-bond donors (Lipinski definition) is 2. The van der Waals surface area contributed by atoms with E-state index in [1.807, 2.05) is 6.07 Å². The quantitative estimate of drug-likeness (QED) is 0.826. The molecule has 3 N–H and O–H groups in total. The lowest BCUT2D eigenvalue weighted by Gasteiger charge is -2.10. The Kier molecular flexibility index (Phi) is 3.69. The van der Waals surface area contributed by atoms with E-state index in [1.165, 1.54) is 7.11 Å². The van der Waals surface area contributed by atoms with Gasteiger partial charge in [0.2, 0.25) is 5.88 Å². The lowest BCUT2D eigenvalue weighted by Crippen LogP contribution is -2.08. The Labute approximate surface area is 104 Å². The third-order valence-electron chi connectivity index (χ3n) is 2.55. The molecule has 0 radical (unpaired) electrons. The Hall–Kier alpha value is -2.21. The second kappa shape index (κ2) is 5.42. The molecule has 0 aromatic carbocycles. The van der Waals surface area contributed by atoms with Gasteiger partial charge < -0.3 is 15.6 Å². The first-order valence-electron chi connectivity index (χ1n) is 5.45. The first kappa shape index (κ1) is 12.3. The van der Waals surface area contributed by atoms with Gasteiger partial charge >= 0.3 is 0 Å². The van der Waals surface area contributed by atoms with Gasteiger partial charge in [-0.2, -0.15) is 0 Å². The molecule has 6 nitrogen and oxygen atoms in total. The molecular weight excluding hydrogens is 232 g/mol. The van der Waals surface area contributed by atoms with E-state index in [9.17, 15) is 5.11 Å². The number of nitrogen functional groups attached to an aromatic ring is 1. The predicted molar refractivity (Wildman–Crippen MR) is 65.9 cm³/mol. The number of hydrogen-bond acceptors (Lipinski definition) is 6. The molecule has 6 heteroatoms. The van der Waals surface area contributed by atoms with Crippen LogP contribution in [0.1, 0.15) is 17.4 Å². The monoisotopic (exact) mass is 246 g/mol. The van der Waals surface area contributed by atoms with Crippen LogP contribution in [0, 0.1) is 0 Å². The van der Waals surface area contributed by atoms with E-state index in [0.717, 1.165) is 5.56 Å². The smallest absolute Gasteiger partial charge is 0.233 e. The number of anilines is 1. The highest BCUT2D eigenvalue weighted by atomic mass is 16.5. The van der Waals surface area contributed by atoms with Gasteiger partial charge in [-0.05, 0) is 17.7 Å². The number of methoxy groups -OCH3 is 1. The van der Waals surface area contributed by atoms with Gasteiger partial charge in [0, 0.05) is 18.7 Å². The third-order valence-corrected chi connectivity index (χ3v) is 2.55. The number of nitrogens with two attached hydrogens (primary N) is 1. The number of aliphatic hydroxyl groups is 1. The van der Waals surface area contributed by atoms with Gasteiger partial charge in [-0.3, -0.25) is 0 Å². The molecule has 2 rings (SSSR count). The van der Waals surface area contributed by atoms with Crippen molar-refractivity contribution in [2.45, 2.75) is 12.5 Å². The van der Waals surface area contributed by atoms with Crippen molar-refractivity contribution in [1.82, 2.24) is 15.2 Å². The molecule has 1 atom stereocenters. The summed E-state index contributed by atoms with van der Waals surface area (Å²) in [6.07, 6.45) is 1.19. The first-order chi connectivity index (χ1) is 8.70. The second-order valence-electron chi connectivity index (χ2n) is 3.77. The van der Waals surface area contributed by atoms with Crippen molar-refractivity contribution in [3.8, 4) is 5.88 Å². The van der Waals surface area contributed by atoms with Crippen LogP contribution in [0.5, 0.6) is 5.88 Å². The standard InChI is InChI=1S/C12H14N4O2/c1-18-11-5-4-9(15-16-11)10(17)7-8-3-2-6-14-12(8)13/h2-6,10,17H,7H2,1H3,(H2,13,14). The number of nitrogens with zero attached hydrogens (tertiary/aromatic N) is 3. The Morgan fingerprint density at radius 2 is 2.17 bits per heavy atom. The van der Waals surface area contributed by atoms with E-state index in [1.54, 1.807) is 24.4 Å². The molecule has 0 saturated carbocycles. The summed E-state index contributed by atoms with van der Waals surface area (Å²) in [4.78, 5) is 3.96. The maximum Gasteiger partial charge on any atom is 0.233 e. The van der Waals surface area contributed by atoms with E-state index in [4.69, 9.17) is 10.5 Å². The summed E-state index contributed by atoms with van der Waals surface area (Å²) < 4.78 is 4.90. The highest BCUT2D eigenvalue weighted by molar-refractivity contribution is 5.39. The minimum absolute atomic E-state index is 0.348. The van der Waals surface area contributed by atoms with Crippen molar-refractivity contribution < 1.29 is 9.84 Å². The Morgan fingerprint density at radius 3 is 2.78 bits per heavy atom. The molecule has 0 amide bonds. The van der Waals surface area contributed by atoms with Crippen LogP contribution < -0.4 is 10.5 Å². The van der Waals surface area contributed by atoms with Crippen molar-refractivity contribution >= 4 is 5.82 Å². The minimum atomic E-state index is -0.769. The topological polar surface area (TPSA) is 94.2 Å². The minimum Gasteiger partial charge on any atom is -0.480 e. The molecule has 2 aromatic heterocycles. The molecular formula is C12H14N4O2. The fourth-order valence-corrected chi connectivity index (χ4v) is 1.55. The SMILES string of the molecule is COc1ccc(C(O)Cc2cccnc2N)nn1. The number of aromatic nitrogens is 3. The van der Waals surface area contributed by atoms with Crippen LogP contribution in [0.3, 0.4) is 0 Å². The van der Waals surface area contributed by atoms with Gasteiger partial charge in [0.05, 0.1) is 12.8 Å². The fourth-order valence-electron chi connectivity index (χ4n) is 1.55. The summed E-state index contributed by atoms with van der Waals surface area (Å²) in [6, 6.07) is 6.92. The second-order valence-corrected chi connectivity index (χ2v) is 3.77. The van der Waals surface area contributed by atoms with Gasteiger partial charge in [0.1, 0.15) is 11.9 Å². The van der Waals surface area contributed by atoms with Crippen LogP contribution >= 0.6 is 0 Å². The average molecular weight is 246 g/mol. The summed E-state index contributed by atoms with van der Waals surface area (Å²) in [5.74, 6) is 0.824. The van der Waals surface area contributed by atoms with Crippen molar-refractivity contribution in [3.05, 3.63) is 41.7 Å². The van der Waals surface area contributed by atoms with Gasteiger partial charge in [0.25, 0.3) is 0 Å². The average Bonchev–Trinajstić information content (AvgIpc) is 2.41. The first-order valence-corrected chi connectivity index (χ1v) is 5.45. The molecule has 0 aliphatic heterocycles. The number of aliphatic hydroxyl groups excluding tert-OH is 1. The molecule has 0 fully saturated rings. The molecule has 0 spiro atoms. The van der Waals surface area contributed by atoms with E-state index in [2.05, 4.69) is 15.2 Å². The highest BCUT2D eigenvalue weighted by Gasteiger charge is 2.13. The predicted octanol–water partition coefficient (Wildman–Crippen LogP) is 0.738. The van der Waals surface area contributed by atoms with Crippen molar-refractivity contribution in [2.75, 3.05) is 12.8 Å². The third kappa shape index (κ3) is 2.72. The summed E-state index contributed by atoms with van der Waals surface area (Å²) >= 11 is 0. The molecule has 2 aromatic rings. The number of pyridine rings is 1. The summed E-state index contributed by atoms with van der Waals surface area (Å²) in [5.41, 5.74) is 6.97. The molecule has 1 unspecified atom stereocenters. The summed E-state index contributed by atoms with van der Waals surface area (Å²) in [7, 11) is 1.51. The Morgan fingerprint density at radius 1 is 1.33 bits per heavy atom. The summed E-state index contributed by atoms with van der Waals surface area (Å²) in [5, 5.41) is 17.7. The number of ether oxygens (including phenoxy) is 1. The van der Waals surface area contributed by atoms with Crippen molar-refractivity contribution in [3.63, 3.8) is 0 Å². The molecule has 0 aliphatic carbocycles. The molecule has 0 aliphatic rings. The maximum absolute atomic E-state index is 10.0. The van der Waals surface area contributed by atoms with Gasteiger partial charge in [0.15, 0.2) is 0 Å². The fraction of sp³-hybridized carbons (Fsp3) is 0.250. The van der Waals surface area contributed by atoms with Gasteiger partial charge in [-0.15, -0.1) is 10.2 Å². The lowest BCUT2D eigenvalue weighted by atomic mass is 10.1. The van der Waals surface area contributed by atoms with Gasteiger partial charge in [-0.1, -0.05) is 6.07 Å². The zero-order chi connectivity index (χ0) is 13.0. The van der Waals surface area contributed by atoms with Crippen molar-refractivity contribution in [1.29, 1.82) is 0 Å². The maximum atomic E-state index is 10.0. The van der Waals surface area contributed by atoms with E-state index in [-0.39, 0.29) is 0 Å². The van der Waals surface area contributed by atoms with Crippen LogP contribution in [0.2, 0.25) is 0 Å². The molecule has 2 heterocycles.